The molecule has 5 nitrogen and oxygen atoms in total. The van der Waals surface area contributed by atoms with Gasteiger partial charge in [0.2, 0.25) is 0 Å². The molecule has 0 radical (unpaired) electrons. The molecule has 1 N–H and O–H groups in total. The van der Waals surface area contributed by atoms with Gasteiger partial charge >= 0.3 is 0 Å². The molecule has 2 rings (SSSR count). The fourth-order valence-electron chi connectivity index (χ4n) is 3.07. The van der Waals surface area contributed by atoms with Crippen LogP contribution in [0.1, 0.15) is 38.4 Å². The Morgan fingerprint density at radius 3 is 2.85 bits per heavy atom. The number of aromatic nitrogens is 2. The molecule has 0 bridgehead atoms. The lowest BCUT2D eigenvalue weighted by molar-refractivity contribution is -0.0730. The van der Waals surface area contributed by atoms with Crippen molar-refractivity contribution in [2.45, 2.75) is 45.4 Å². The Morgan fingerprint density at radius 2 is 2.15 bits per heavy atom. The number of nitrogens with zero attached hydrogens (tertiary/aromatic N) is 3. The van der Waals surface area contributed by atoms with Crippen LogP contribution in [0.2, 0.25) is 0 Å². The van der Waals surface area contributed by atoms with Gasteiger partial charge in [0.1, 0.15) is 0 Å². The van der Waals surface area contributed by atoms with Gasteiger partial charge in [-0.25, -0.2) is 0 Å². The Hall–Kier alpha value is -0.910. The van der Waals surface area contributed by atoms with Crippen LogP contribution in [0.4, 0.5) is 0 Å². The molecule has 0 spiro atoms. The topological polar surface area (TPSA) is 42.3 Å². The van der Waals surface area contributed by atoms with Crippen molar-refractivity contribution in [2.75, 3.05) is 33.3 Å². The number of likely N-dealkylation sites (N-methyl/N-ethyl adjacent to an activating group) is 1. The maximum absolute atomic E-state index is 6.02. The monoisotopic (exact) mass is 280 g/mol. The smallest absolute Gasteiger partial charge is 0.0911 e. The minimum absolute atomic E-state index is 0.201. The third-order valence-corrected chi connectivity index (χ3v) is 3.86. The molecule has 2 unspecified atom stereocenters. The van der Waals surface area contributed by atoms with E-state index < -0.39 is 0 Å². The third-order valence-electron chi connectivity index (χ3n) is 3.86. The Kier molecular flexibility index (Phi) is 6.01. The number of ether oxygens (including phenoxy) is 1. The van der Waals surface area contributed by atoms with Gasteiger partial charge < -0.3 is 10.1 Å². The maximum Gasteiger partial charge on any atom is 0.0911 e. The molecule has 1 aliphatic rings. The van der Waals surface area contributed by atoms with Gasteiger partial charge in [-0.15, -0.1) is 0 Å². The van der Waals surface area contributed by atoms with Crippen LogP contribution >= 0.6 is 0 Å². The maximum atomic E-state index is 6.02. The first-order valence-electron chi connectivity index (χ1n) is 7.83. The molecule has 114 valence electrons. The summed E-state index contributed by atoms with van der Waals surface area (Å²) >= 11 is 0. The highest BCUT2D eigenvalue weighted by molar-refractivity contribution is 5.11. The molecule has 0 aliphatic carbocycles. The largest absolute Gasteiger partial charge is 0.374 e. The van der Waals surface area contributed by atoms with Gasteiger partial charge in [-0.1, -0.05) is 13.8 Å². The molecule has 20 heavy (non-hydrogen) atoms. The van der Waals surface area contributed by atoms with Crippen LogP contribution in [0, 0.1) is 0 Å². The molecule has 1 fully saturated rings. The second kappa shape index (κ2) is 7.76. The molecule has 1 aromatic heterocycles. The zero-order valence-corrected chi connectivity index (χ0v) is 13.0. The van der Waals surface area contributed by atoms with Gasteiger partial charge in [-0.3, -0.25) is 9.58 Å². The summed E-state index contributed by atoms with van der Waals surface area (Å²) in [5.41, 5.74) is 1.29. The molecule has 1 saturated heterocycles. The Bertz CT molecular complexity index is 375. The Morgan fingerprint density at radius 1 is 1.35 bits per heavy atom. The predicted molar refractivity (Wildman–Crippen MR) is 80.8 cm³/mol. The highest BCUT2D eigenvalue weighted by Crippen LogP contribution is 2.29. The highest BCUT2D eigenvalue weighted by atomic mass is 16.5. The van der Waals surface area contributed by atoms with E-state index in [9.17, 15) is 0 Å². The summed E-state index contributed by atoms with van der Waals surface area (Å²) in [5, 5.41) is 7.75. The first kappa shape index (κ1) is 15.5. The van der Waals surface area contributed by atoms with Gasteiger partial charge in [0.25, 0.3) is 0 Å². The van der Waals surface area contributed by atoms with Crippen LogP contribution in [0.3, 0.4) is 0 Å². The number of rotatable bonds is 7. The van der Waals surface area contributed by atoms with Crippen LogP contribution in [0.15, 0.2) is 12.3 Å². The van der Waals surface area contributed by atoms with E-state index in [1.807, 2.05) is 13.2 Å². The average Bonchev–Trinajstić information content (AvgIpc) is 2.88. The summed E-state index contributed by atoms with van der Waals surface area (Å²) in [7, 11) is 1.99. The third kappa shape index (κ3) is 3.40. The summed E-state index contributed by atoms with van der Waals surface area (Å²) in [6, 6.07) is 2.46. The molecular weight excluding hydrogens is 252 g/mol. The van der Waals surface area contributed by atoms with Crippen molar-refractivity contribution in [1.82, 2.24) is 20.0 Å². The van der Waals surface area contributed by atoms with Crippen molar-refractivity contribution in [1.29, 1.82) is 0 Å². The quantitative estimate of drug-likeness (QED) is 0.825. The van der Waals surface area contributed by atoms with Crippen LogP contribution < -0.4 is 5.32 Å². The molecule has 1 aliphatic heterocycles. The van der Waals surface area contributed by atoms with E-state index in [2.05, 4.69) is 39.9 Å². The normalized spacial score (nSPS) is 24.1. The molecule has 1 aromatic rings. The number of morpholine rings is 1. The number of aryl methyl sites for hydroxylation is 1. The molecule has 2 heterocycles. The number of nitrogens with one attached hydrogen (secondary N) is 1. The highest BCUT2D eigenvalue weighted by Gasteiger charge is 2.34. The average molecular weight is 280 g/mol. The van der Waals surface area contributed by atoms with Crippen LogP contribution in [0.5, 0.6) is 0 Å². The van der Waals surface area contributed by atoms with Gasteiger partial charge in [-0.2, -0.15) is 5.10 Å². The fourth-order valence-corrected chi connectivity index (χ4v) is 3.07. The van der Waals surface area contributed by atoms with E-state index in [0.717, 1.165) is 39.2 Å². The standard InChI is InChI=1S/C15H28N4O/c1-4-8-18-10-11-20-14(12-16-3)15(18)13-6-7-17-19(13)9-5-2/h6-7,14-16H,4-5,8-12H2,1-3H3. The minimum Gasteiger partial charge on any atom is -0.374 e. The minimum atomic E-state index is 0.201. The second-order valence-electron chi connectivity index (χ2n) is 5.43. The summed E-state index contributed by atoms with van der Waals surface area (Å²) < 4.78 is 8.16. The van der Waals surface area contributed by atoms with Crippen molar-refractivity contribution >= 4 is 0 Å². The molecule has 2 atom stereocenters. The summed E-state index contributed by atoms with van der Waals surface area (Å²) in [4.78, 5) is 2.55. The van der Waals surface area contributed by atoms with E-state index in [4.69, 9.17) is 4.74 Å². The zero-order valence-electron chi connectivity index (χ0n) is 13.0. The van der Waals surface area contributed by atoms with Gasteiger partial charge in [0, 0.05) is 25.8 Å². The van der Waals surface area contributed by atoms with Gasteiger partial charge in [-0.05, 0) is 32.5 Å². The second-order valence-corrected chi connectivity index (χ2v) is 5.43. The lowest BCUT2D eigenvalue weighted by Gasteiger charge is -2.41. The van der Waals surface area contributed by atoms with E-state index in [0.29, 0.717) is 6.04 Å². The molecule has 0 amide bonds. The van der Waals surface area contributed by atoms with Crippen molar-refractivity contribution in [3.63, 3.8) is 0 Å². The van der Waals surface area contributed by atoms with E-state index in [1.165, 1.54) is 12.1 Å². The molecule has 5 heteroatoms. The summed E-state index contributed by atoms with van der Waals surface area (Å²) in [6.07, 6.45) is 4.39. The molecule has 0 saturated carbocycles. The molecule has 0 aromatic carbocycles. The SMILES string of the molecule is CCCN1CCOC(CNC)C1c1ccnn1CCC. The first-order valence-corrected chi connectivity index (χ1v) is 7.83. The lowest BCUT2D eigenvalue weighted by atomic mass is 10.0. The van der Waals surface area contributed by atoms with E-state index in [1.54, 1.807) is 0 Å². The van der Waals surface area contributed by atoms with Gasteiger partial charge in [0.15, 0.2) is 0 Å². The van der Waals surface area contributed by atoms with E-state index in [-0.39, 0.29) is 6.10 Å². The predicted octanol–water partition coefficient (Wildman–Crippen LogP) is 1.66. The molecular formula is C15H28N4O. The first-order chi connectivity index (χ1) is 9.81. The summed E-state index contributed by atoms with van der Waals surface area (Å²) in [6.45, 7) is 9.24. The lowest BCUT2D eigenvalue weighted by Crippen LogP contribution is -2.49. The van der Waals surface area contributed by atoms with Crippen LogP contribution in [0.25, 0.3) is 0 Å². The fraction of sp³-hybridized carbons (Fsp3) is 0.800. The number of hydrogen-bond acceptors (Lipinski definition) is 4. The van der Waals surface area contributed by atoms with Crippen molar-refractivity contribution in [3.8, 4) is 0 Å². The van der Waals surface area contributed by atoms with Crippen LogP contribution in [-0.2, 0) is 11.3 Å². The van der Waals surface area contributed by atoms with Crippen LogP contribution in [-0.4, -0.2) is 54.1 Å². The van der Waals surface area contributed by atoms with Crippen molar-refractivity contribution in [3.05, 3.63) is 18.0 Å². The van der Waals surface area contributed by atoms with Crippen molar-refractivity contribution < 1.29 is 4.74 Å². The van der Waals surface area contributed by atoms with E-state index >= 15 is 0 Å². The van der Waals surface area contributed by atoms with Crippen molar-refractivity contribution in [2.24, 2.45) is 0 Å². The Balaban J connectivity index is 2.25. The summed E-state index contributed by atoms with van der Waals surface area (Å²) in [5.74, 6) is 0. The van der Waals surface area contributed by atoms with Gasteiger partial charge in [0.05, 0.1) is 24.4 Å². The zero-order chi connectivity index (χ0) is 14.4. The Labute approximate surface area is 122 Å². The number of hydrogen-bond donors (Lipinski definition) is 1.